The lowest BCUT2D eigenvalue weighted by atomic mass is 10.3. The summed E-state index contributed by atoms with van der Waals surface area (Å²) in [7, 11) is 0. The maximum absolute atomic E-state index is 5.58. The monoisotopic (exact) mass is 223 g/mol. The molecule has 0 aliphatic heterocycles. The van der Waals surface area contributed by atoms with Crippen LogP contribution >= 0.6 is 0 Å². The summed E-state index contributed by atoms with van der Waals surface area (Å²) in [6.45, 7) is 5.64. The van der Waals surface area contributed by atoms with Crippen molar-refractivity contribution in [3.05, 3.63) is 24.3 Å². The van der Waals surface area contributed by atoms with E-state index in [-0.39, 0.29) is 0 Å². The zero-order valence-electron chi connectivity index (χ0n) is 10.1. The molecule has 0 amide bonds. The molecule has 90 valence electrons. The highest BCUT2D eigenvalue weighted by atomic mass is 16.5. The third kappa shape index (κ3) is 5.03. The quantitative estimate of drug-likeness (QED) is 0.571. The van der Waals surface area contributed by atoms with Gasteiger partial charge < -0.3 is 15.2 Å². The predicted octanol–water partition coefficient (Wildman–Crippen LogP) is 2.85. The molecule has 3 heteroatoms. The molecule has 2 N–H and O–H groups in total. The summed E-state index contributed by atoms with van der Waals surface area (Å²) in [6.07, 6.45) is 2.31. The van der Waals surface area contributed by atoms with E-state index in [1.54, 1.807) is 0 Å². The predicted molar refractivity (Wildman–Crippen MR) is 66.7 cm³/mol. The number of hydrogen-bond donors (Lipinski definition) is 1. The Hall–Kier alpha value is -1.22. The molecule has 0 spiro atoms. The summed E-state index contributed by atoms with van der Waals surface area (Å²) >= 11 is 0. The van der Waals surface area contributed by atoms with Gasteiger partial charge in [-0.25, -0.2) is 0 Å². The number of rotatable bonds is 7. The van der Waals surface area contributed by atoms with E-state index in [0.29, 0.717) is 12.7 Å². The fourth-order valence-corrected chi connectivity index (χ4v) is 1.22. The third-order valence-corrected chi connectivity index (χ3v) is 2.41. The van der Waals surface area contributed by atoms with E-state index in [9.17, 15) is 0 Å². The van der Waals surface area contributed by atoms with Gasteiger partial charge in [-0.05, 0) is 37.6 Å². The molecule has 0 heterocycles. The second-order valence-corrected chi connectivity index (χ2v) is 3.86. The van der Waals surface area contributed by atoms with Gasteiger partial charge >= 0.3 is 0 Å². The Morgan fingerprint density at radius 3 is 2.50 bits per heavy atom. The Morgan fingerprint density at radius 1 is 1.19 bits per heavy atom. The first-order valence-electron chi connectivity index (χ1n) is 5.82. The van der Waals surface area contributed by atoms with Crippen molar-refractivity contribution in [2.45, 2.75) is 32.8 Å². The molecule has 0 unspecified atom stereocenters. The van der Waals surface area contributed by atoms with E-state index in [1.807, 2.05) is 24.3 Å². The highest BCUT2D eigenvalue weighted by Crippen LogP contribution is 2.13. The van der Waals surface area contributed by atoms with Gasteiger partial charge in [-0.15, -0.1) is 0 Å². The normalized spacial score (nSPS) is 12.4. The van der Waals surface area contributed by atoms with Gasteiger partial charge in [0, 0.05) is 12.1 Å². The van der Waals surface area contributed by atoms with Crippen molar-refractivity contribution in [3.63, 3.8) is 0 Å². The van der Waals surface area contributed by atoms with Crippen molar-refractivity contribution in [3.8, 4) is 5.75 Å². The van der Waals surface area contributed by atoms with Crippen LogP contribution in [0.15, 0.2) is 24.3 Å². The third-order valence-electron chi connectivity index (χ3n) is 2.41. The average Bonchev–Trinajstić information content (AvgIpc) is 2.31. The summed E-state index contributed by atoms with van der Waals surface area (Å²) in [4.78, 5) is 0. The molecule has 0 fully saturated rings. The zero-order chi connectivity index (χ0) is 11.8. The van der Waals surface area contributed by atoms with Gasteiger partial charge in [0.05, 0.1) is 19.3 Å². The Balaban J connectivity index is 2.09. The fourth-order valence-electron chi connectivity index (χ4n) is 1.22. The SMILES string of the molecule is CC[C@H](C)OCCCOc1ccc(N)cc1. The van der Waals surface area contributed by atoms with Crippen molar-refractivity contribution < 1.29 is 9.47 Å². The molecule has 1 atom stereocenters. The molecular weight excluding hydrogens is 202 g/mol. The Kier molecular flexibility index (Phi) is 5.72. The topological polar surface area (TPSA) is 44.5 Å². The Morgan fingerprint density at radius 2 is 1.88 bits per heavy atom. The van der Waals surface area contributed by atoms with Crippen LogP contribution in [0, 0.1) is 0 Å². The number of nitrogen functional groups attached to an aromatic ring is 1. The first-order valence-corrected chi connectivity index (χ1v) is 5.82. The molecular formula is C13H21NO2. The molecule has 0 bridgehead atoms. The van der Waals surface area contributed by atoms with Gasteiger partial charge in [-0.3, -0.25) is 0 Å². The van der Waals surface area contributed by atoms with Gasteiger partial charge in [0.1, 0.15) is 5.75 Å². The average molecular weight is 223 g/mol. The van der Waals surface area contributed by atoms with E-state index in [2.05, 4.69) is 13.8 Å². The number of ether oxygens (including phenoxy) is 2. The molecule has 1 aromatic carbocycles. The number of benzene rings is 1. The van der Waals surface area contributed by atoms with Gasteiger partial charge in [0.2, 0.25) is 0 Å². The highest BCUT2D eigenvalue weighted by molar-refractivity contribution is 5.41. The van der Waals surface area contributed by atoms with E-state index < -0.39 is 0 Å². The van der Waals surface area contributed by atoms with Crippen LogP contribution in [0.3, 0.4) is 0 Å². The lowest BCUT2D eigenvalue weighted by Gasteiger charge is -2.10. The summed E-state index contributed by atoms with van der Waals surface area (Å²) in [5.41, 5.74) is 6.33. The van der Waals surface area contributed by atoms with Crippen LogP contribution in [-0.2, 0) is 4.74 Å². The smallest absolute Gasteiger partial charge is 0.119 e. The van der Waals surface area contributed by atoms with Gasteiger partial charge in [-0.1, -0.05) is 6.92 Å². The molecule has 0 aliphatic carbocycles. The summed E-state index contributed by atoms with van der Waals surface area (Å²) < 4.78 is 11.1. The lowest BCUT2D eigenvalue weighted by molar-refractivity contribution is 0.0554. The molecule has 3 nitrogen and oxygen atoms in total. The molecule has 0 saturated carbocycles. The molecule has 0 aromatic heterocycles. The van der Waals surface area contributed by atoms with Crippen molar-refractivity contribution in [2.75, 3.05) is 18.9 Å². The number of hydrogen-bond acceptors (Lipinski definition) is 3. The minimum atomic E-state index is 0.344. The lowest BCUT2D eigenvalue weighted by Crippen LogP contribution is -2.10. The Bertz CT molecular complexity index is 284. The summed E-state index contributed by atoms with van der Waals surface area (Å²) in [6, 6.07) is 7.44. The first kappa shape index (κ1) is 12.8. The molecule has 0 saturated heterocycles. The fraction of sp³-hybridized carbons (Fsp3) is 0.538. The van der Waals surface area contributed by atoms with Gasteiger partial charge in [0.25, 0.3) is 0 Å². The standard InChI is InChI=1S/C13H21NO2/c1-3-11(2)15-9-4-10-16-13-7-5-12(14)6-8-13/h5-8,11H,3-4,9-10,14H2,1-2H3/t11-/m0/s1. The minimum Gasteiger partial charge on any atom is -0.494 e. The van der Waals surface area contributed by atoms with Crippen LogP contribution in [0.4, 0.5) is 5.69 Å². The van der Waals surface area contributed by atoms with Gasteiger partial charge in [-0.2, -0.15) is 0 Å². The van der Waals surface area contributed by atoms with E-state index in [0.717, 1.165) is 30.9 Å². The molecule has 0 aliphatic rings. The zero-order valence-corrected chi connectivity index (χ0v) is 10.1. The number of nitrogens with two attached hydrogens (primary N) is 1. The molecule has 1 rings (SSSR count). The molecule has 1 aromatic rings. The second kappa shape index (κ2) is 7.12. The molecule has 16 heavy (non-hydrogen) atoms. The van der Waals surface area contributed by atoms with Crippen molar-refractivity contribution in [2.24, 2.45) is 0 Å². The maximum atomic E-state index is 5.58. The Labute approximate surface area is 97.6 Å². The van der Waals surface area contributed by atoms with Crippen LogP contribution in [0.1, 0.15) is 26.7 Å². The molecule has 0 radical (unpaired) electrons. The van der Waals surface area contributed by atoms with Crippen LogP contribution < -0.4 is 10.5 Å². The largest absolute Gasteiger partial charge is 0.494 e. The maximum Gasteiger partial charge on any atom is 0.119 e. The van der Waals surface area contributed by atoms with E-state index in [4.69, 9.17) is 15.2 Å². The summed E-state index contributed by atoms with van der Waals surface area (Å²) in [5, 5.41) is 0. The second-order valence-electron chi connectivity index (χ2n) is 3.86. The highest BCUT2D eigenvalue weighted by Gasteiger charge is 1.98. The van der Waals surface area contributed by atoms with E-state index >= 15 is 0 Å². The minimum absolute atomic E-state index is 0.344. The van der Waals surface area contributed by atoms with Crippen LogP contribution in [0.5, 0.6) is 5.75 Å². The summed E-state index contributed by atoms with van der Waals surface area (Å²) in [5.74, 6) is 0.859. The van der Waals surface area contributed by atoms with Gasteiger partial charge in [0.15, 0.2) is 0 Å². The van der Waals surface area contributed by atoms with Crippen LogP contribution in [0.2, 0.25) is 0 Å². The number of anilines is 1. The van der Waals surface area contributed by atoms with Crippen molar-refractivity contribution >= 4 is 5.69 Å². The van der Waals surface area contributed by atoms with Crippen molar-refractivity contribution in [1.82, 2.24) is 0 Å². The van der Waals surface area contributed by atoms with Crippen LogP contribution in [0.25, 0.3) is 0 Å². The first-order chi connectivity index (χ1) is 7.72. The van der Waals surface area contributed by atoms with E-state index in [1.165, 1.54) is 0 Å². The van der Waals surface area contributed by atoms with Crippen molar-refractivity contribution in [1.29, 1.82) is 0 Å². The van der Waals surface area contributed by atoms with Crippen LogP contribution in [-0.4, -0.2) is 19.3 Å².